The first-order valence-corrected chi connectivity index (χ1v) is 9.77. The van der Waals surface area contributed by atoms with Crippen LogP contribution in [0.4, 0.5) is 5.69 Å². The molecule has 0 radical (unpaired) electrons. The number of hydrogen-bond donors (Lipinski definition) is 2. The predicted molar refractivity (Wildman–Crippen MR) is 110 cm³/mol. The van der Waals surface area contributed by atoms with E-state index in [1.807, 2.05) is 30.3 Å². The van der Waals surface area contributed by atoms with Gasteiger partial charge in [-0.15, -0.1) is 0 Å². The zero-order chi connectivity index (χ0) is 20.2. The van der Waals surface area contributed by atoms with Gasteiger partial charge in [-0.25, -0.2) is 14.8 Å². The molecule has 0 aliphatic heterocycles. The van der Waals surface area contributed by atoms with Crippen molar-refractivity contribution < 1.29 is 14.3 Å². The molecular weight excluding hydrogens is 368 g/mol. The van der Waals surface area contributed by atoms with Crippen LogP contribution in [-0.2, 0) is 9.53 Å². The number of H-pyrrole nitrogens is 1. The summed E-state index contributed by atoms with van der Waals surface area (Å²) in [6.07, 6.45) is 8.99. The Kier molecular flexibility index (Phi) is 5.37. The summed E-state index contributed by atoms with van der Waals surface area (Å²) in [6, 6.07) is 7.43. The second-order valence-electron chi connectivity index (χ2n) is 6.88. The van der Waals surface area contributed by atoms with Gasteiger partial charge in [0.15, 0.2) is 0 Å². The van der Waals surface area contributed by atoms with E-state index in [1.165, 1.54) is 6.33 Å². The highest BCUT2D eigenvalue weighted by atomic mass is 16.5. The number of nitrogens with one attached hydrogen (secondary N) is 2. The fourth-order valence-corrected chi connectivity index (χ4v) is 3.55. The molecule has 7 heteroatoms. The third kappa shape index (κ3) is 3.89. The number of esters is 1. The lowest BCUT2D eigenvalue weighted by Crippen LogP contribution is -2.15. The van der Waals surface area contributed by atoms with Crippen molar-refractivity contribution in [1.29, 1.82) is 0 Å². The van der Waals surface area contributed by atoms with Gasteiger partial charge in [-0.1, -0.05) is 18.2 Å². The number of fused-ring (bicyclic) bond motifs is 1. The number of amides is 1. The molecule has 0 spiro atoms. The highest BCUT2D eigenvalue weighted by molar-refractivity contribution is 6.08. The van der Waals surface area contributed by atoms with Crippen LogP contribution in [0.3, 0.4) is 0 Å². The summed E-state index contributed by atoms with van der Waals surface area (Å²) >= 11 is 0. The molecule has 2 N–H and O–H groups in total. The molecule has 3 aromatic rings. The number of ether oxygens (including phenoxy) is 1. The van der Waals surface area contributed by atoms with Crippen LogP contribution in [0.1, 0.15) is 43.0 Å². The van der Waals surface area contributed by atoms with E-state index in [0.717, 1.165) is 36.8 Å². The zero-order valence-corrected chi connectivity index (χ0v) is 16.2. The number of anilines is 1. The maximum atomic E-state index is 12.5. The van der Waals surface area contributed by atoms with E-state index in [2.05, 4.69) is 20.3 Å². The lowest BCUT2D eigenvalue weighted by atomic mass is 9.99. The molecule has 4 rings (SSSR count). The Balaban J connectivity index is 1.69. The summed E-state index contributed by atoms with van der Waals surface area (Å²) in [5.74, 6) is -0.493. The van der Waals surface area contributed by atoms with Crippen LogP contribution in [0.25, 0.3) is 22.3 Å². The van der Waals surface area contributed by atoms with Crippen LogP contribution in [-0.4, -0.2) is 33.4 Å². The number of rotatable bonds is 5. The molecule has 1 aliphatic rings. The Morgan fingerprint density at radius 3 is 2.93 bits per heavy atom. The Bertz CT molecular complexity index is 1100. The van der Waals surface area contributed by atoms with E-state index in [0.29, 0.717) is 28.0 Å². The Morgan fingerprint density at radius 1 is 1.24 bits per heavy atom. The predicted octanol–water partition coefficient (Wildman–Crippen LogP) is 4.24. The Hall–Kier alpha value is -3.48. The van der Waals surface area contributed by atoms with E-state index < -0.39 is 5.97 Å². The number of nitrogens with zero attached hydrogens (tertiary/aromatic N) is 2. The van der Waals surface area contributed by atoms with E-state index in [1.54, 1.807) is 13.1 Å². The van der Waals surface area contributed by atoms with Gasteiger partial charge in [-0.3, -0.25) is 4.79 Å². The number of carbonyl (C=O) groups is 2. The van der Waals surface area contributed by atoms with Crippen LogP contribution in [0.2, 0.25) is 0 Å². The molecule has 2 aromatic heterocycles. The number of allylic oxidation sites excluding steroid dienone is 1. The van der Waals surface area contributed by atoms with Gasteiger partial charge in [0, 0.05) is 23.0 Å². The molecule has 0 saturated heterocycles. The fraction of sp³-hybridized carbons (Fsp3) is 0.273. The van der Waals surface area contributed by atoms with E-state index in [-0.39, 0.29) is 12.5 Å². The maximum Gasteiger partial charge on any atom is 0.340 e. The standard InChI is InChI=1S/C22H22N4O3/c1-2-29-22(28)17-12-23-20-18(17)19(24-13-25-20)15-9-6-10-16(11-15)26-21(27)14-7-4-3-5-8-14/h6-7,9-13H,2-5,8H2,1H3,(H,26,27)(H,23,24,25). The van der Waals surface area contributed by atoms with Gasteiger partial charge in [-0.2, -0.15) is 0 Å². The minimum atomic E-state index is -0.427. The molecule has 148 valence electrons. The summed E-state index contributed by atoms with van der Waals surface area (Å²) in [5, 5.41) is 3.57. The first-order valence-electron chi connectivity index (χ1n) is 9.77. The Labute approximate surface area is 168 Å². The van der Waals surface area contributed by atoms with Crippen molar-refractivity contribution in [3.63, 3.8) is 0 Å². The molecule has 2 heterocycles. The monoisotopic (exact) mass is 390 g/mol. The first-order chi connectivity index (χ1) is 14.2. The highest BCUT2D eigenvalue weighted by Crippen LogP contribution is 2.30. The van der Waals surface area contributed by atoms with E-state index in [4.69, 9.17) is 4.74 Å². The summed E-state index contributed by atoms with van der Waals surface area (Å²) in [4.78, 5) is 36.5. The molecule has 0 fully saturated rings. The average Bonchev–Trinajstić information content (AvgIpc) is 3.19. The third-order valence-electron chi connectivity index (χ3n) is 4.94. The number of aromatic nitrogens is 3. The zero-order valence-electron chi connectivity index (χ0n) is 16.2. The summed E-state index contributed by atoms with van der Waals surface area (Å²) in [7, 11) is 0. The topological polar surface area (TPSA) is 97.0 Å². The third-order valence-corrected chi connectivity index (χ3v) is 4.94. The van der Waals surface area contributed by atoms with Gasteiger partial charge in [0.05, 0.1) is 23.3 Å². The maximum absolute atomic E-state index is 12.5. The quantitative estimate of drug-likeness (QED) is 0.635. The van der Waals surface area contributed by atoms with E-state index >= 15 is 0 Å². The van der Waals surface area contributed by atoms with Gasteiger partial charge in [0.2, 0.25) is 0 Å². The summed E-state index contributed by atoms with van der Waals surface area (Å²) in [5.41, 5.74) is 3.84. The first kappa shape index (κ1) is 18.9. The second kappa shape index (κ2) is 8.26. The number of aromatic amines is 1. The molecule has 0 saturated carbocycles. The van der Waals surface area contributed by atoms with Crippen molar-refractivity contribution in [3.05, 3.63) is 54.0 Å². The van der Waals surface area contributed by atoms with Crippen LogP contribution >= 0.6 is 0 Å². The van der Waals surface area contributed by atoms with Gasteiger partial charge in [0.25, 0.3) is 5.91 Å². The molecule has 29 heavy (non-hydrogen) atoms. The van der Waals surface area contributed by atoms with Crippen LogP contribution in [0.15, 0.2) is 48.4 Å². The van der Waals surface area contributed by atoms with Crippen molar-refractivity contribution in [3.8, 4) is 11.3 Å². The molecule has 0 atom stereocenters. The van der Waals surface area contributed by atoms with Gasteiger partial charge >= 0.3 is 5.97 Å². The molecule has 0 bridgehead atoms. The van der Waals surface area contributed by atoms with Gasteiger partial charge < -0.3 is 15.0 Å². The van der Waals surface area contributed by atoms with Crippen LogP contribution < -0.4 is 5.32 Å². The normalized spacial score (nSPS) is 13.8. The lowest BCUT2D eigenvalue weighted by molar-refractivity contribution is -0.113. The van der Waals surface area contributed by atoms with Crippen LogP contribution in [0.5, 0.6) is 0 Å². The molecule has 1 aromatic carbocycles. The minimum absolute atomic E-state index is 0.0662. The smallest absolute Gasteiger partial charge is 0.340 e. The number of benzene rings is 1. The molecule has 7 nitrogen and oxygen atoms in total. The second-order valence-corrected chi connectivity index (χ2v) is 6.88. The van der Waals surface area contributed by atoms with Gasteiger partial charge in [0.1, 0.15) is 12.0 Å². The molecule has 1 amide bonds. The number of carbonyl (C=O) groups excluding carboxylic acids is 2. The molecule has 0 unspecified atom stereocenters. The van der Waals surface area contributed by atoms with Crippen molar-refractivity contribution in [2.75, 3.05) is 11.9 Å². The lowest BCUT2D eigenvalue weighted by Gasteiger charge is -2.13. The van der Waals surface area contributed by atoms with Crippen molar-refractivity contribution in [2.24, 2.45) is 0 Å². The SMILES string of the molecule is CCOC(=O)c1c[nH]c2ncnc(-c3cccc(NC(=O)C4=CCCCC4)c3)c12. The summed E-state index contributed by atoms with van der Waals surface area (Å²) in [6.45, 7) is 2.05. The fourth-order valence-electron chi connectivity index (χ4n) is 3.55. The minimum Gasteiger partial charge on any atom is -0.462 e. The Morgan fingerprint density at radius 2 is 2.14 bits per heavy atom. The average molecular weight is 390 g/mol. The summed E-state index contributed by atoms with van der Waals surface area (Å²) < 4.78 is 5.15. The van der Waals surface area contributed by atoms with E-state index in [9.17, 15) is 9.59 Å². The molecular formula is C22H22N4O3. The van der Waals surface area contributed by atoms with Crippen molar-refractivity contribution in [2.45, 2.75) is 32.6 Å². The number of hydrogen-bond acceptors (Lipinski definition) is 5. The van der Waals surface area contributed by atoms with Crippen molar-refractivity contribution in [1.82, 2.24) is 15.0 Å². The largest absolute Gasteiger partial charge is 0.462 e. The van der Waals surface area contributed by atoms with Gasteiger partial charge in [-0.05, 0) is 44.7 Å². The van der Waals surface area contributed by atoms with Crippen molar-refractivity contribution >= 4 is 28.6 Å². The van der Waals surface area contributed by atoms with Crippen LogP contribution in [0, 0.1) is 0 Å². The molecule has 1 aliphatic carbocycles. The highest BCUT2D eigenvalue weighted by Gasteiger charge is 2.19.